The first-order chi connectivity index (χ1) is 10.8. The van der Waals surface area contributed by atoms with Gasteiger partial charge in [0.25, 0.3) is 0 Å². The van der Waals surface area contributed by atoms with Gasteiger partial charge in [-0.05, 0) is 38.1 Å². The average Bonchev–Trinajstić information content (AvgIpc) is 2.47. The molecule has 0 radical (unpaired) electrons. The number of nitrogens with one attached hydrogen (secondary N) is 3. The van der Waals surface area contributed by atoms with Gasteiger partial charge < -0.3 is 10.6 Å². The molecule has 2 amide bonds. The van der Waals surface area contributed by atoms with E-state index in [9.17, 15) is 22.4 Å². The summed E-state index contributed by atoms with van der Waals surface area (Å²) < 4.78 is 38.8. The molecule has 1 aromatic rings. The van der Waals surface area contributed by atoms with E-state index >= 15 is 0 Å². The summed E-state index contributed by atoms with van der Waals surface area (Å²) in [6.07, 6.45) is -0.121. The first kappa shape index (κ1) is 19.0. The smallest absolute Gasteiger partial charge is 0.242 e. The van der Waals surface area contributed by atoms with E-state index in [4.69, 9.17) is 0 Å². The summed E-state index contributed by atoms with van der Waals surface area (Å²) in [6, 6.07) is 3.64. The molecule has 1 atom stereocenters. The molecule has 23 heavy (non-hydrogen) atoms. The van der Waals surface area contributed by atoms with Gasteiger partial charge >= 0.3 is 0 Å². The lowest BCUT2D eigenvalue weighted by molar-refractivity contribution is -0.128. The SMILES string of the molecule is CCNC(=O)[C@@H](C)NC(=O)CCNS(=O)(=O)c1ccc(F)cc1. The Morgan fingerprint density at radius 1 is 1.22 bits per heavy atom. The van der Waals surface area contributed by atoms with Crippen LogP contribution < -0.4 is 15.4 Å². The van der Waals surface area contributed by atoms with Gasteiger partial charge in [-0.2, -0.15) is 0 Å². The van der Waals surface area contributed by atoms with E-state index in [2.05, 4.69) is 15.4 Å². The van der Waals surface area contributed by atoms with Gasteiger partial charge in [-0.25, -0.2) is 17.5 Å². The Hall–Kier alpha value is -2.00. The molecule has 0 aliphatic rings. The van der Waals surface area contributed by atoms with E-state index in [0.717, 1.165) is 24.3 Å². The maximum atomic E-state index is 12.8. The van der Waals surface area contributed by atoms with Crippen LogP contribution in [0.5, 0.6) is 0 Å². The van der Waals surface area contributed by atoms with Gasteiger partial charge in [0.05, 0.1) is 4.90 Å². The quantitative estimate of drug-likeness (QED) is 0.623. The van der Waals surface area contributed by atoms with E-state index in [1.54, 1.807) is 6.92 Å². The van der Waals surface area contributed by atoms with Crippen LogP contribution in [0.25, 0.3) is 0 Å². The van der Waals surface area contributed by atoms with Crippen LogP contribution in [0.15, 0.2) is 29.2 Å². The number of rotatable bonds is 8. The highest BCUT2D eigenvalue weighted by Gasteiger charge is 2.16. The van der Waals surface area contributed by atoms with Gasteiger partial charge in [0.15, 0.2) is 0 Å². The fraction of sp³-hybridized carbons (Fsp3) is 0.429. The zero-order valence-electron chi connectivity index (χ0n) is 12.9. The van der Waals surface area contributed by atoms with Gasteiger partial charge in [0.2, 0.25) is 21.8 Å². The molecule has 0 spiro atoms. The minimum atomic E-state index is -3.80. The number of likely N-dealkylation sites (N-methyl/N-ethyl adjacent to an activating group) is 1. The molecule has 0 aromatic heterocycles. The van der Waals surface area contributed by atoms with Crippen LogP contribution in [0.3, 0.4) is 0 Å². The van der Waals surface area contributed by atoms with Crippen LogP contribution in [0.4, 0.5) is 4.39 Å². The molecule has 0 aliphatic heterocycles. The lowest BCUT2D eigenvalue weighted by Crippen LogP contribution is -2.45. The summed E-state index contributed by atoms with van der Waals surface area (Å²) in [5.74, 6) is -1.30. The lowest BCUT2D eigenvalue weighted by Gasteiger charge is -2.13. The van der Waals surface area contributed by atoms with E-state index in [0.29, 0.717) is 6.54 Å². The highest BCUT2D eigenvalue weighted by atomic mass is 32.2. The van der Waals surface area contributed by atoms with Crippen molar-refractivity contribution < 1.29 is 22.4 Å². The number of benzene rings is 1. The van der Waals surface area contributed by atoms with Crippen LogP contribution in [0.2, 0.25) is 0 Å². The molecular weight excluding hydrogens is 325 g/mol. The summed E-state index contributed by atoms with van der Waals surface area (Å²) in [5.41, 5.74) is 0. The molecule has 7 nitrogen and oxygen atoms in total. The Morgan fingerprint density at radius 2 is 1.83 bits per heavy atom. The molecule has 9 heteroatoms. The highest BCUT2D eigenvalue weighted by molar-refractivity contribution is 7.89. The van der Waals surface area contributed by atoms with Crippen LogP contribution in [0.1, 0.15) is 20.3 Å². The lowest BCUT2D eigenvalue weighted by atomic mass is 10.3. The van der Waals surface area contributed by atoms with Crippen molar-refractivity contribution in [2.24, 2.45) is 0 Å². The maximum absolute atomic E-state index is 12.8. The number of carbonyl (C=O) groups excluding carboxylic acids is 2. The van der Waals surface area contributed by atoms with Gasteiger partial charge in [0, 0.05) is 19.5 Å². The number of amides is 2. The van der Waals surface area contributed by atoms with Crippen molar-refractivity contribution in [1.82, 2.24) is 15.4 Å². The molecule has 0 heterocycles. The third-order valence-electron chi connectivity index (χ3n) is 2.89. The third kappa shape index (κ3) is 6.33. The Labute approximate surface area is 134 Å². The average molecular weight is 345 g/mol. The van der Waals surface area contributed by atoms with Crippen molar-refractivity contribution >= 4 is 21.8 Å². The van der Waals surface area contributed by atoms with E-state index in [1.165, 1.54) is 6.92 Å². The maximum Gasteiger partial charge on any atom is 0.242 e. The minimum absolute atomic E-state index is 0.0880. The number of hydrogen-bond donors (Lipinski definition) is 3. The van der Waals surface area contributed by atoms with Crippen LogP contribution >= 0.6 is 0 Å². The summed E-state index contributed by atoms with van der Waals surface area (Å²) in [4.78, 5) is 23.0. The molecule has 128 valence electrons. The van der Waals surface area contributed by atoms with E-state index < -0.39 is 27.8 Å². The highest BCUT2D eigenvalue weighted by Crippen LogP contribution is 2.09. The van der Waals surface area contributed by atoms with Crippen molar-refractivity contribution in [2.45, 2.75) is 31.2 Å². The van der Waals surface area contributed by atoms with Crippen molar-refractivity contribution in [3.8, 4) is 0 Å². The standard InChI is InChI=1S/C14H20FN3O4S/c1-3-16-14(20)10(2)18-13(19)8-9-17-23(21,22)12-6-4-11(15)5-7-12/h4-7,10,17H,3,8-9H2,1-2H3,(H,16,20)(H,18,19)/t10-/m1/s1. The van der Waals surface area contributed by atoms with Crippen LogP contribution in [-0.4, -0.2) is 39.4 Å². The minimum Gasteiger partial charge on any atom is -0.355 e. The molecule has 0 saturated heterocycles. The normalized spacial score (nSPS) is 12.5. The monoisotopic (exact) mass is 345 g/mol. The van der Waals surface area contributed by atoms with E-state index in [1.807, 2.05) is 0 Å². The largest absolute Gasteiger partial charge is 0.355 e. The summed E-state index contributed by atoms with van der Waals surface area (Å²) >= 11 is 0. The van der Waals surface area contributed by atoms with Crippen molar-refractivity contribution in [3.63, 3.8) is 0 Å². The number of halogens is 1. The molecular formula is C14H20FN3O4S. The molecule has 3 N–H and O–H groups in total. The fourth-order valence-corrected chi connectivity index (χ4v) is 2.73. The Morgan fingerprint density at radius 3 is 2.39 bits per heavy atom. The third-order valence-corrected chi connectivity index (χ3v) is 4.37. The van der Waals surface area contributed by atoms with Gasteiger partial charge in [0.1, 0.15) is 11.9 Å². The second-order valence-corrected chi connectivity index (χ2v) is 6.55. The summed E-state index contributed by atoms with van der Waals surface area (Å²) in [5, 5.41) is 5.02. The Balaban J connectivity index is 2.45. The second-order valence-electron chi connectivity index (χ2n) is 4.79. The number of carbonyl (C=O) groups is 2. The fourth-order valence-electron chi connectivity index (χ4n) is 1.70. The summed E-state index contributed by atoms with van der Waals surface area (Å²) in [7, 11) is -3.80. The van der Waals surface area contributed by atoms with Crippen LogP contribution in [-0.2, 0) is 19.6 Å². The van der Waals surface area contributed by atoms with Crippen molar-refractivity contribution in [2.75, 3.05) is 13.1 Å². The molecule has 0 aliphatic carbocycles. The molecule has 0 fully saturated rings. The van der Waals surface area contributed by atoms with Gasteiger partial charge in [-0.15, -0.1) is 0 Å². The molecule has 0 bridgehead atoms. The zero-order chi connectivity index (χ0) is 17.5. The Kier molecular flexibility index (Phi) is 7.11. The van der Waals surface area contributed by atoms with Gasteiger partial charge in [-0.3, -0.25) is 9.59 Å². The topological polar surface area (TPSA) is 104 Å². The van der Waals surface area contributed by atoms with Crippen LogP contribution in [0, 0.1) is 5.82 Å². The number of sulfonamides is 1. The first-order valence-corrected chi connectivity index (χ1v) is 8.57. The molecule has 1 aromatic carbocycles. The molecule has 0 saturated carbocycles. The van der Waals surface area contributed by atoms with Gasteiger partial charge in [-0.1, -0.05) is 0 Å². The predicted molar refractivity (Wildman–Crippen MR) is 82.5 cm³/mol. The van der Waals surface area contributed by atoms with Crippen molar-refractivity contribution in [3.05, 3.63) is 30.1 Å². The predicted octanol–water partition coefficient (Wildman–Crippen LogP) is 0.135. The molecule has 1 rings (SSSR count). The van der Waals surface area contributed by atoms with Crippen molar-refractivity contribution in [1.29, 1.82) is 0 Å². The summed E-state index contributed by atoms with van der Waals surface area (Å²) in [6.45, 7) is 3.62. The molecule has 0 unspecified atom stereocenters. The van der Waals surface area contributed by atoms with E-state index in [-0.39, 0.29) is 23.8 Å². The first-order valence-electron chi connectivity index (χ1n) is 7.08. The number of hydrogen-bond acceptors (Lipinski definition) is 4. The Bertz CT molecular complexity index is 646. The zero-order valence-corrected chi connectivity index (χ0v) is 13.7. The second kappa shape index (κ2) is 8.59.